The quantitative estimate of drug-likeness (QED) is 0.914. The van der Waals surface area contributed by atoms with Crippen LogP contribution >= 0.6 is 0 Å². The van der Waals surface area contributed by atoms with E-state index in [0.29, 0.717) is 17.7 Å². The number of amides is 2. The van der Waals surface area contributed by atoms with E-state index < -0.39 is 0 Å². The number of nitrogens with zero attached hydrogens (tertiary/aromatic N) is 1. The highest BCUT2D eigenvalue weighted by Gasteiger charge is 2.18. The van der Waals surface area contributed by atoms with Crippen LogP contribution in [-0.2, 0) is 11.2 Å². The molecule has 2 N–H and O–H groups in total. The third-order valence-electron chi connectivity index (χ3n) is 3.61. The van der Waals surface area contributed by atoms with Crippen molar-refractivity contribution in [3.63, 3.8) is 0 Å². The highest BCUT2D eigenvalue weighted by atomic mass is 16.2. The van der Waals surface area contributed by atoms with Gasteiger partial charge in [0.1, 0.15) is 0 Å². The zero-order valence-corrected chi connectivity index (χ0v) is 12.5. The van der Waals surface area contributed by atoms with E-state index in [0.717, 1.165) is 16.9 Å². The van der Waals surface area contributed by atoms with Gasteiger partial charge in [0.2, 0.25) is 5.91 Å². The van der Waals surface area contributed by atoms with Gasteiger partial charge in [-0.25, -0.2) is 0 Å². The summed E-state index contributed by atoms with van der Waals surface area (Å²) in [6.45, 7) is 0. The first-order valence-corrected chi connectivity index (χ1v) is 7.04. The largest absolute Gasteiger partial charge is 0.378 e. The molecule has 0 atom stereocenters. The summed E-state index contributed by atoms with van der Waals surface area (Å²) >= 11 is 0. The molecule has 0 saturated heterocycles. The average molecular weight is 295 g/mol. The van der Waals surface area contributed by atoms with Crippen LogP contribution in [0.15, 0.2) is 42.5 Å². The number of hydrogen-bond acceptors (Lipinski definition) is 3. The highest BCUT2D eigenvalue weighted by molar-refractivity contribution is 6.05. The van der Waals surface area contributed by atoms with Crippen LogP contribution in [0, 0.1) is 0 Å². The van der Waals surface area contributed by atoms with Gasteiger partial charge in [-0.2, -0.15) is 0 Å². The van der Waals surface area contributed by atoms with Crippen LogP contribution < -0.4 is 15.5 Å². The monoisotopic (exact) mass is 295 g/mol. The molecule has 1 heterocycles. The molecule has 112 valence electrons. The summed E-state index contributed by atoms with van der Waals surface area (Å²) in [5.41, 5.74) is 3.98. The SMILES string of the molecule is CN(C)c1cccc(C(=O)Nc2ccc3c(c2)CC(=O)N3)c1. The summed E-state index contributed by atoms with van der Waals surface area (Å²) in [5.74, 6) is -0.182. The molecule has 0 radical (unpaired) electrons. The number of rotatable bonds is 3. The standard InChI is InChI=1S/C17H17N3O2/c1-20(2)14-5-3-4-11(9-14)17(22)18-13-6-7-15-12(8-13)10-16(21)19-15/h3-9H,10H2,1-2H3,(H,18,22)(H,19,21). The minimum Gasteiger partial charge on any atom is -0.378 e. The van der Waals surface area contributed by atoms with Crippen molar-refractivity contribution in [2.24, 2.45) is 0 Å². The molecule has 1 aliphatic rings. The zero-order chi connectivity index (χ0) is 15.7. The van der Waals surface area contributed by atoms with Crippen molar-refractivity contribution in [2.75, 3.05) is 29.6 Å². The summed E-state index contributed by atoms with van der Waals surface area (Å²) < 4.78 is 0. The van der Waals surface area contributed by atoms with Crippen LogP contribution in [0.25, 0.3) is 0 Å². The number of benzene rings is 2. The second-order valence-corrected chi connectivity index (χ2v) is 5.50. The molecule has 0 fully saturated rings. The molecular formula is C17H17N3O2. The van der Waals surface area contributed by atoms with Crippen LogP contribution in [0.1, 0.15) is 15.9 Å². The van der Waals surface area contributed by atoms with Crippen molar-refractivity contribution in [1.29, 1.82) is 0 Å². The molecule has 0 aliphatic carbocycles. The Morgan fingerprint density at radius 3 is 2.77 bits per heavy atom. The van der Waals surface area contributed by atoms with Gasteiger partial charge in [0.25, 0.3) is 5.91 Å². The Hall–Kier alpha value is -2.82. The molecule has 0 aromatic heterocycles. The van der Waals surface area contributed by atoms with Crippen molar-refractivity contribution < 1.29 is 9.59 Å². The molecule has 5 heteroatoms. The topological polar surface area (TPSA) is 61.4 Å². The average Bonchev–Trinajstić information content (AvgIpc) is 2.86. The summed E-state index contributed by atoms with van der Waals surface area (Å²) in [7, 11) is 3.86. The first-order chi connectivity index (χ1) is 10.5. The molecule has 2 aromatic rings. The summed E-state index contributed by atoms with van der Waals surface area (Å²) in [4.78, 5) is 25.6. The Morgan fingerprint density at radius 1 is 1.18 bits per heavy atom. The second kappa shape index (κ2) is 5.52. The minimum absolute atomic E-state index is 0.0165. The van der Waals surface area contributed by atoms with Crippen LogP contribution in [-0.4, -0.2) is 25.9 Å². The van der Waals surface area contributed by atoms with Crippen molar-refractivity contribution in [1.82, 2.24) is 0 Å². The van der Waals surface area contributed by atoms with E-state index in [2.05, 4.69) is 10.6 Å². The fourth-order valence-corrected chi connectivity index (χ4v) is 2.44. The lowest BCUT2D eigenvalue weighted by Crippen LogP contribution is -2.14. The lowest BCUT2D eigenvalue weighted by Gasteiger charge is -2.13. The number of nitrogens with one attached hydrogen (secondary N) is 2. The van der Waals surface area contributed by atoms with Crippen molar-refractivity contribution in [3.05, 3.63) is 53.6 Å². The van der Waals surface area contributed by atoms with E-state index >= 15 is 0 Å². The zero-order valence-electron chi connectivity index (χ0n) is 12.5. The minimum atomic E-state index is -0.166. The number of anilines is 3. The van der Waals surface area contributed by atoms with Gasteiger partial charge in [0.15, 0.2) is 0 Å². The molecule has 1 aliphatic heterocycles. The summed E-state index contributed by atoms with van der Waals surface area (Å²) in [6.07, 6.45) is 0.356. The summed E-state index contributed by atoms with van der Waals surface area (Å²) in [6, 6.07) is 12.9. The Balaban J connectivity index is 1.79. The van der Waals surface area contributed by atoms with Gasteiger partial charge in [-0.1, -0.05) is 6.07 Å². The molecule has 0 unspecified atom stereocenters. The van der Waals surface area contributed by atoms with Crippen molar-refractivity contribution in [2.45, 2.75) is 6.42 Å². The molecule has 0 bridgehead atoms. The lowest BCUT2D eigenvalue weighted by atomic mass is 10.1. The van der Waals surface area contributed by atoms with E-state index in [1.807, 2.05) is 49.3 Å². The molecule has 2 aromatic carbocycles. The normalized spacial score (nSPS) is 12.5. The van der Waals surface area contributed by atoms with Crippen LogP contribution in [0.3, 0.4) is 0 Å². The van der Waals surface area contributed by atoms with E-state index in [-0.39, 0.29) is 11.8 Å². The Kier molecular flexibility index (Phi) is 3.55. The Bertz CT molecular complexity index is 753. The molecular weight excluding hydrogens is 278 g/mol. The molecule has 0 spiro atoms. The number of carbonyl (C=O) groups excluding carboxylic acids is 2. The lowest BCUT2D eigenvalue weighted by molar-refractivity contribution is -0.115. The van der Waals surface area contributed by atoms with Gasteiger partial charge in [-0.05, 0) is 42.0 Å². The fourth-order valence-electron chi connectivity index (χ4n) is 2.44. The molecule has 0 saturated carbocycles. The van der Waals surface area contributed by atoms with Gasteiger partial charge in [0, 0.05) is 36.7 Å². The Morgan fingerprint density at radius 2 is 2.00 bits per heavy atom. The maximum atomic E-state index is 12.3. The maximum absolute atomic E-state index is 12.3. The predicted octanol–water partition coefficient (Wildman–Crippen LogP) is 2.50. The van der Waals surface area contributed by atoms with Crippen LogP contribution in [0.5, 0.6) is 0 Å². The van der Waals surface area contributed by atoms with Gasteiger partial charge in [-0.3, -0.25) is 9.59 Å². The predicted molar refractivity (Wildman–Crippen MR) is 87.5 cm³/mol. The molecule has 3 rings (SSSR count). The summed E-state index contributed by atoms with van der Waals surface area (Å²) in [5, 5.41) is 5.64. The van der Waals surface area contributed by atoms with E-state index in [9.17, 15) is 9.59 Å². The fraction of sp³-hybridized carbons (Fsp3) is 0.176. The Labute approximate surface area is 128 Å². The maximum Gasteiger partial charge on any atom is 0.255 e. The van der Waals surface area contributed by atoms with E-state index in [1.165, 1.54) is 0 Å². The first-order valence-electron chi connectivity index (χ1n) is 7.04. The van der Waals surface area contributed by atoms with Gasteiger partial charge < -0.3 is 15.5 Å². The van der Waals surface area contributed by atoms with Crippen LogP contribution in [0.2, 0.25) is 0 Å². The van der Waals surface area contributed by atoms with Gasteiger partial charge in [0.05, 0.1) is 6.42 Å². The molecule has 5 nitrogen and oxygen atoms in total. The van der Waals surface area contributed by atoms with Crippen LogP contribution in [0.4, 0.5) is 17.1 Å². The number of carbonyl (C=O) groups is 2. The van der Waals surface area contributed by atoms with Crippen molar-refractivity contribution in [3.8, 4) is 0 Å². The van der Waals surface area contributed by atoms with Gasteiger partial charge in [-0.15, -0.1) is 0 Å². The van der Waals surface area contributed by atoms with Crippen molar-refractivity contribution >= 4 is 28.9 Å². The second-order valence-electron chi connectivity index (χ2n) is 5.50. The highest BCUT2D eigenvalue weighted by Crippen LogP contribution is 2.26. The number of fused-ring (bicyclic) bond motifs is 1. The molecule has 22 heavy (non-hydrogen) atoms. The van der Waals surface area contributed by atoms with E-state index in [1.54, 1.807) is 12.1 Å². The molecule has 2 amide bonds. The number of hydrogen-bond donors (Lipinski definition) is 2. The first kappa shape index (κ1) is 14.1. The smallest absolute Gasteiger partial charge is 0.255 e. The third-order valence-corrected chi connectivity index (χ3v) is 3.61. The third kappa shape index (κ3) is 2.79. The van der Waals surface area contributed by atoms with E-state index in [4.69, 9.17) is 0 Å². The van der Waals surface area contributed by atoms with Gasteiger partial charge >= 0.3 is 0 Å².